The molecule has 0 saturated heterocycles. The molecule has 0 spiro atoms. The largest absolute Gasteiger partial charge is 0.465 e. The third-order valence-corrected chi connectivity index (χ3v) is 5.08. The molecule has 0 unspecified atom stereocenters. The van der Waals surface area contributed by atoms with Gasteiger partial charge >= 0.3 is 5.97 Å². The smallest absolute Gasteiger partial charge is 0.337 e. The highest BCUT2D eigenvalue weighted by atomic mass is 32.2. The monoisotopic (exact) mass is 390 g/mol. The number of hydrogen-bond donors (Lipinski definition) is 1. The third-order valence-electron chi connectivity index (χ3n) is 3.83. The Balaban J connectivity index is 1.98. The maximum absolute atomic E-state index is 12.2. The number of nitrogens with zero attached hydrogens (tertiary/aromatic N) is 1. The summed E-state index contributed by atoms with van der Waals surface area (Å²) in [5, 5.41) is 2.66. The molecule has 0 aliphatic heterocycles. The zero-order valence-electron chi connectivity index (χ0n) is 15.2. The van der Waals surface area contributed by atoms with Crippen molar-refractivity contribution in [3.8, 4) is 0 Å². The van der Waals surface area contributed by atoms with Crippen molar-refractivity contribution in [2.45, 2.75) is 13.0 Å². The van der Waals surface area contributed by atoms with Gasteiger partial charge in [0.15, 0.2) is 0 Å². The highest BCUT2D eigenvalue weighted by Crippen LogP contribution is 2.13. The summed E-state index contributed by atoms with van der Waals surface area (Å²) in [7, 11) is -2.18. The zero-order valence-corrected chi connectivity index (χ0v) is 16.0. The Hall–Kier alpha value is -2.71. The minimum Gasteiger partial charge on any atom is -0.465 e. The van der Waals surface area contributed by atoms with E-state index in [4.69, 9.17) is 0 Å². The number of sulfonamides is 1. The number of ether oxygens (including phenoxy) is 1. The normalized spacial score (nSPS) is 11.2. The molecule has 8 heteroatoms. The first-order valence-electron chi connectivity index (χ1n) is 8.27. The lowest BCUT2D eigenvalue weighted by atomic mass is 10.2. The lowest BCUT2D eigenvalue weighted by Crippen LogP contribution is -2.32. The van der Waals surface area contributed by atoms with E-state index >= 15 is 0 Å². The Bertz CT molecular complexity index is 897. The van der Waals surface area contributed by atoms with Crippen molar-refractivity contribution in [3.63, 3.8) is 0 Å². The van der Waals surface area contributed by atoms with E-state index < -0.39 is 16.0 Å². The summed E-state index contributed by atoms with van der Waals surface area (Å²) in [6.45, 7) is 0.251. The molecular formula is C19H22N2O5S. The van der Waals surface area contributed by atoms with E-state index in [1.54, 1.807) is 18.2 Å². The number of carbonyl (C=O) groups is 2. The quantitative estimate of drug-likeness (QED) is 0.698. The fraction of sp³-hybridized carbons (Fsp3) is 0.263. The zero-order chi connectivity index (χ0) is 19.9. The average molecular weight is 390 g/mol. The van der Waals surface area contributed by atoms with E-state index in [0.717, 1.165) is 11.8 Å². The Labute approximate surface area is 159 Å². The topological polar surface area (TPSA) is 92.8 Å². The molecule has 7 nitrogen and oxygen atoms in total. The molecule has 1 N–H and O–H groups in total. The van der Waals surface area contributed by atoms with Crippen molar-refractivity contribution in [1.82, 2.24) is 4.31 Å². The summed E-state index contributed by atoms with van der Waals surface area (Å²) < 4.78 is 29.9. The minimum atomic E-state index is -3.46. The van der Waals surface area contributed by atoms with Crippen LogP contribution >= 0.6 is 0 Å². The summed E-state index contributed by atoms with van der Waals surface area (Å²) in [5.41, 5.74) is 1.60. The van der Waals surface area contributed by atoms with Gasteiger partial charge in [0.2, 0.25) is 15.9 Å². The van der Waals surface area contributed by atoms with Gasteiger partial charge in [-0.25, -0.2) is 13.2 Å². The highest BCUT2D eigenvalue weighted by Gasteiger charge is 2.18. The first-order chi connectivity index (χ1) is 12.8. The van der Waals surface area contributed by atoms with Crippen LogP contribution in [0.15, 0.2) is 54.6 Å². The van der Waals surface area contributed by atoms with Gasteiger partial charge in [0.1, 0.15) is 0 Å². The predicted molar refractivity (Wildman–Crippen MR) is 103 cm³/mol. The van der Waals surface area contributed by atoms with E-state index in [9.17, 15) is 18.0 Å². The van der Waals surface area contributed by atoms with Crippen LogP contribution in [-0.2, 0) is 26.1 Å². The second kappa shape index (κ2) is 9.29. The van der Waals surface area contributed by atoms with Gasteiger partial charge in [0, 0.05) is 25.2 Å². The summed E-state index contributed by atoms with van der Waals surface area (Å²) in [4.78, 5) is 23.7. The molecule has 2 rings (SSSR count). The average Bonchev–Trinajstić information content (AvgIpc) is 2.64. The van der Waals surface area contributed by atoms with Crippen LogP contribution in [0.5, 0.6) is 0 Å². The van der Waals surface area contributed by atoms with Gasteiger partial charge in [-0.1, -0.05) is 36.4 Å². The third kappa shape index (κ3) is 6.50. The van der Waals surface area contributed by atoms with Gasteiger partial charge in [0.05, 0.1) is 18.9 Å². The predicted octanol–water partition coefficient (Wildman–Crippen LogP) is 2.26. The van der Waals surface area contributed by atoms with Gasteiger partial charge < -0.3 is 10.1 Å². The maximum Gasteiger partial charge on any atom is 0.337 e. The number of benzene rings is 2. The van der Waals surface area contributed by atoms with Crippen LogP contribution in [0.2, 0.25) is 0 Å². The second-order valence-electron chi connectivity index (χ2n) is 5.95. The number of methoxy groups -OCH3 is 1. The molecule has 0 radical (unpaired) electrons. The number of anilines is 1. The van der Waals surface area contributed by atoms with Crippen molar-refractivity contribution in [2.75, 3.05) is 25.2 Å². The molecule has 0 heterocycles. The Kier molecular flexibility index (Phi) is 7.09. The van der Waals surface area contributed by atoms with Crippen LogP contribution in [0.4, 0.5) is 5.69 Å². The molecule has 2 aromatic rings. The summed E-state index contributed by atoms with van der Waals surface area (Å²) in [6.07, 6.45) is 1.11. The molecule has 0 bridgehead atoms. The number of amides is 1. The van der Waals surface area contributed by atoms with Crippen LogP contribution in [0.3, 0.4) is 0 Å². The van der Waals surface area contributed by atoms with Crippen molar-refractivity contribution < 1.29 is 22.7 Å². The lowest BCUT2D eigenvalue weighted by molar-refractivity contribution is -0.116. The van der Waals surface area contributed by atoms with Crippen LogP contribution < -0.4 is 5.32 Å². The highest BCUT2D eigenvalue weighted by molar-refractivity contribution is 7.88. The van der Waals surface area contributed by atoms with Crippen molar-refractivity contribution in [1.29, 1.82) is 0 Å². The van der Waals surface area contributed by atoms with Gasteiger partial charge in [-0.3, -0.25) is 4.79 Å². The molecule has 27 heavy (non-hydrogen) atoms. The second-order valence-corrected chi connectivity index (χ2v) is 7.94. The van der Waals surface area contributed by atoms with Gasteiger partial charge in [-0.05, 0) is 23.8 Å². The molecule has 0 saturated carbocycles. The molecule has 0 fully saturated rings. The van der Waals surface area contributed by atoms with Crippen LogP contribution in [0, 0.1) is 0 Å². The van der Waals surface area contributed by atoms with Crippen LogP contribution in [-0.4, -0.2) is 44.5 Å². The van der Waals surface area contributed by atoms with Gasteiger partial charge in [-0.15, -0.1) is 0 Å². The van der Waals surface area contributed by atoms with E-state index in [1.165, 1.54) is 17.5 Å². The fourth-order valence-corrected chi connectivity index (χ4v) is 3.25. The molecule has 0 atom stereocenters. The molecule has 0 aliphatic rings. The lowest BCUT2D eigenvalue weighted by Gasteiger charge is -2.19. The van der Waals surface area contributed by atoms with Crippen molar-refractivity contribution >= 4 is 27.6 Å². The maximum atomic E-state index is 12.2. The Morgan fingerprint density at radius 3 is 2.41 bits per heavy atom. The Morgan fingerprint density at radius 2 is 1.78 bits per heavy atom. The Morgan fingerprint density at radius 1 is 1.07 bits per heavy atom. The molecule has 0 aromatic heterocycles. The first-order valence-corrected chi connectivity index (χ1v) is 10.1. The molecule has 1 amide bonds. The van der Waals surface area contributed by atoms with Crippen LogP contribution in [0.1, 0.15) is 22.3 Å². The minimum absolute atomic E-state index is 0.0116. The number of nitrogens with one attached hydrogen (secondary N) is 1. The van der Waals surface area contributed by atoms with Crippen molar-refractivity contribution in [2.24, 2.45) is 0 Å². The van der Waals surface area contributed by atoms with Gasteiger partial charge in [0.25, 0.3) is 0 Å². The summed E-state index contributed by atoms with van der Waals surface area (Å²) >= 11 is 0. The number of hydrogen-bond acceptors (Lipinski definition) is 5. The van der Waals surface area contributed by atoms with Crippen LogP contribution in [0.25, 0.3) is 0 Å². The standard InChI is InChI=1S/C19H22N2O5S/c1-26-19(23)16-9-6-10-17(13-16)20-18(22)11-12-21(27(2,24)25)14-15-7-4-3-5-8-15/h3-10,13H,11-12,14H2,1-2H3,(H,20,22). The number of esters is 1. The molecule has 144 valence electrons. The van der Waals surface area contributed by atoms with E-state index in [-0.39, 0.29) is 25.4 Å². The van der Waals surface area contributed by atoms with Gasteiger partial charge in [-0.2, -0.15) is 4.31 Å². The summed E-state index contributed by atoms with van der Waals surface area (Å²) in [5.74, 6) is -0.851. The first kappa shape index (κ1) is 20.6. The van der Waals surface area contributed by atoms with Crippen molar-refractivity contribution in [3.05, 3.63) is 65.7 Å². The van der Waals surface area contributed by atoms with E-state index in [1.807, 2.05) is 30.3 Å². The number of carbonyl (C=O) groups excluding carboxylic acids is 2. The SMILES string of the molecule is COC(=O)c1cccc(NC(=O)CCN(Cc2ccccc2)S(C)(=O)=O)c1. The van der Waals surface area contributed by atoms with E-state index in [2.05, 4.69) is 10.1 Å². The van der Waals surface area contributed by atoms with E-state index in [0.29, 0.717) is 11.3 Å². The molecule has 0 aliphatic carbocycles. The molecular weight excluding hydrogens is 368 g/mol. The number of rotatable bonds is 8. The molecule has 2 aromatic carbocycles. The summed E-state index contributed by atoms with van der Waals surface area (Å²) in [6, 6.07) is 15.5. The fourth-order valence-electron chi connectivity index (χ4n) is 2.44.